The highest BCUT2D eigenvalue weighted by Crippen LogP contribution is 2.25. The molecule has 0 spiro atoms. The van der Waals surface area contributed by atoms with E-state index < -0.39 is 5.97 Å². The minimum absolute atomic E-state index is 0.265. The molecule has 3 rings (SSSR count). The molecule has 0 fully saturated rings. The number of carbonyl (C=O) groups excluding carboxylic acids is 2. The van der Waals surface area contributed by atoms with Crippen molar-refractivity contribution in [3.05, 3.63) is 90.0 Å². The lowest BCUT2D eigenvalue weighted by Gasteiger charge is -2.07. The van der Waals surface area contributed by atoms with E-state index >= 15 is 0 Å². The van der Waals surface area contributed by atoms with E-state index in [0.29, 0.717) is 22.6 Å². The number of ether oxygens (including phenoxy) is 3. The molecule has 152 valence electrons. The van der Waals surface area contributed by atoms with Gasteiger partial charge in [0.05, 0.1) is 14.2 Å². The Morgan fingerprint density at radius 1 is 0.833 bits per heavy atom. The van der Waals surface area contributed by atoms with E-state index in [2.05, 4.69) is 0 Å². The summed E-state index contributed by atoms with van der Waals surface area (Å²) in [5.41, 5.74) is 3.27. The van der Waals surface area contributed by atoms with Gasteiger partial charge in [-0.1, -0.05) is 54.6 Å². The first kappa shape index (κ1) is 20.9. The van der Waals surface area contributed by atoms with E-state index in [4.69, 9.17) is 14.2 Å². The molecule has 5 nitrogen and oxygen atoms in total. The van der Waals surface area contributed by atoms with Crippen LogP contribution in [0.1, 0.15) is 15.9 Å². The van der Waals surface area contributed by atoms with Gasteiger partial charge in [-0.15, -0.1) is 0 Å². The highest BCUT2D eigenvalue weighted by Gasteiger charge is 2.09. The van der Waals surface area contributed by atoms with Crippen LogP contribution in [0.5, 0.6) is 11.5 Å². The molecule has 3 aromatic carbocycles. The van der Waals surface area contributed by atoms with Crippen molar-refractivity contribution >= 4 is 17.8 Å². The van der Waals surface area contributed by atoms with Gasteiger partial charge in [-0.2, -0.15) is 0 Å². The van der Waals surface area contributed by atoms with Crippen LogP contribution >= 0.6 is 0 Å². The van der Waals surface area contributed by atoms with Gasteiger partial charge in [0, 0.05) is 23.3 Å². The summed E-state index contributed by atoms with van der Waals surface area (Å²) < 4.78 is 15.5. The van der Waals surface area contributed by atoms with E-state index in [1.165, 1.54) is 13.2 Å². The fourth-order valence-electron chi connectivity index (χ4n) is 2.86. The van der Waals surface area contributed by atoms with Crippen LogP contribution in [0.2, 0.25) is 0 Å². The van der Waals surface area contributed by atoms with E-state index in [1.807, 2.05) is 42.5 Å². The summed E-state index contributed by atoms with van der Waals surface area (Å²) in [6, 6.07) is 22.3. The molecule has 5 heteroatoms. The van der Waals surface area contributed by atoms with Gasteiger partial charge in [-0.3, -0.25) is 4.79 Å². The third kappa shape index (κ3) is 5.35. The summed E-state index contributed by atoms with van der Waals surface area (Å²) in [6.07, 6.45) is 2.83. The number of methoxy groups -OCH3 is 2. The van der Waals surface area contributed by atoms with Crippen molar-refractivity contribution in [2.24, 2.45) is 0 Å². The van der Waals surface area contributed by atoms with E-state index in [9.17, 15) is 9.59 Å². The van der Waals surface area contributed by atoms with Crippen LogP contribution in [0, 0.1) is 0 Å². The molecule has 0 aromatic heterocycles. The lowest BCUT2D eigenvalue weighted by Crippen LogP contribution is -2.12. The van der Waals surface area contributed by atoms with Crippen LogP contribution in [0.15, 0.2) is 78.9 Å². The number of esters is 1. The van der Waals surface area contributed by atoms with Gasteiger partial charge >= 0.3 is 5.97 Å². The van der Waals surface area contributed by atoms with Crippen molar-refractivity contribution in [1.29, 1.82) is 0 Å². The van der Waals surface area contributed by atoms with Gasteiger partial charge in [0.15, 0.2) is 12.4 Å². The number of carbonyl (C=O) groups is 2. The first-order chi connectivity index (χ1) is 14.6. The third-order valence-corrected chi connectivity index (χ3v) is 4.50. The molecule has 0 atom stereocenters. The van der Waals surface area contributed by atoms with Gasteiger partial charge in [0.1, 0.15) is 11.5 Å². The summed E-state index contributed by atoms with van der Waals surface area (Å²) in [6.45, 7) is -0.326. The van der Waals surface area contributed by atoms with Crippen LogP contribution in [0.3, 0.4) is 0 Å². The average Bonchev–Trinajstić information content (AvgIpc) is 2.81. The van der Waals surface area contributed by atoms with E-state index in [1.54, 1.807) is 43.5 Å². The van der Waals surface area contributed by atoms with Crippen LogP contribution in [0.25, 0.3) is 17.2 Å². The fraction of sp³-hybridized carbons (Fsp3) is 0.120. The standard InChI is InChI=1S/C25H22O5/c1-28-22-14-12-21(24(16-22)29-2)13-15-25(27)30-17-23(26)20-10-8-19(9-11-20)18-6-4-3-5-7-18/h3-16H,17H2,1-2H3/b15-13+. The maximum Gasteiger partial charge on any atom is 0.331 e. The second-order valence-electron chi connectivity index (χ2n) is 6.42. The van der Waals surface area contributed by atoms with Crippen LogP contribution < -0.4 is 9.47 Å². The molecule has 30 heavy (non-hydrogen) atoms. The highest BCUT2D eigenvalue weighted by atomic mass is 16.5. The topological polar surface area (TPSA) is 61.8 Å². The Labute approximate surface area is 175 Å². The average molecular weight is 402 g/mol. The molecule has 0 bridgehead atoms. The molecule has 0 N–H and O–H groups in total. The lowest BCUT2D eigenvalue weighted by atomic mass is 10.0. The summed E-state index contributed by atoms with van der Waals surface area (Å²) in [5, 5.41) is 0. The summed E-state index contributed by atoms with van der Waals surface area (Å²) in [4.78, 5) is 24.3. The fourth-order valence-corrected chi connectivity index (χ4v) is 2.86. The normalized spacial score (nSPS) is 10.6. The smallest absolute Gasteiger partial charge is 0.331 e. The molecule has 0 radical (unpaired) electrons. The molecule has 0 aliphatic rings. The quantitative estimate of drug-likeness (QED) is 0.307. The Bertz CT molecular complexity index is 1040. The van der Waals surface area contributed by atoms with E-state index in [0.717, 1.165) is 11.1 Å². The first-order valence-corrected chi connectivity index (χ1v) is 9.36. The van der Waals surface area contributed by atoms with Gasteiger partial charge in [-0.05, 0) is 29.3 Å². The molecule has 0 amide bonds. The third-order valence-electron chi connectivity index (χ3n) is 4.50. The maximum absolute atomic E-state index is 12.3. The number of benzene rings is 3. The van der Waals surface area contributed by atoms with Gasteiger partial charge in [0.2, 0.25) is 0 Å². The minimum Gasteiger partial charge on any atom is -0.497 e. The number of ketones is 1. The molecule has 0 aliphatic heterocycles. The number of rotatable bonds is 8. The molecule has 0 saturated heterocycles. The zero-order valence-corrected chi connectivity index (χ0v) is 16.8. The highest BCUT2D eigenvalue weighted by molar-refractivity contribution is 5.99. The van der Waals surface area contributed by atoms with Crippen LogP contribution in [0.4, 0.5) is 0 Å². The summed E-state index contributed by atoms with van der Waals surface area (Å²) in [7, 11) is 3.10. The van der Waals surface area contributed by atoms with Gasteiger partial charge in [0.25, 0.3) is 0 Å². The van der Waals surface area contributed by atoms with Crippen molar-refractivity contribution in [3.63, 3.8) is 0 Å². The second-order valence-corrected chi connectivity index (χ2v) is 6.42. The maximum atomic E-state index is 12.3. The summed E-state index contributed by atoms with van der Waals surface area (Å²) >= 11 is 0. The lowest BCUT2D eigenvalue weighted by molar-refractivity contribution is -0.136. The molecule has 0 heterocycles. The summed E-state index contributed by atoms with van der Waals surface area (Å²) in [5.74, 6) is 0.337. The molecule has 0 aliphatic carbocycles. The zero-order chi connectivity index (χ0) is 21.3. The zero-order valence-electron chi connectivity index (χ0n) is 16.8. The monoisotopic (exact) mass is 402 g/mol. The number of hydrogen-bond donors (Lipinski definition) is 0. The number of hydrogen-bond acceptors (Lipinski definition) is 5. The molecular weight excluding hydrogens is 380 g/mol. The van der Waals surface area contributed by atoms with Crippen molar-refractivity contribution in [1.82, 2.24) is 0 Å². The molecule has 0 unspecified atom stereocenters. The van der Waals surface area contributed by atoms with E-state index in [-0.39, 0.29) is 12.4 Å². The van der Waals surface area contributed by atoms with Crippen molar-refractivity contribution in [3.8, 4) is 22.6 Å². The van der Waals surface area contributed by atoms with Gasteiger partial charge < -0.3 is 14.2 Å². The Balaban J connectivity index is 1.57. The largest absolute Gasteiger partial charge is 0.497 e. The predicted molar refractivity (Wildman–Crippen MR) is 116 cm³/mol. The minimum atomic E-state index is -0.609. The van der Waals surface area contributed by atoms with Gasteiger partial charge in [-0.25, -0.2) is 4.79 Å². The van der Waals surface area contributed by atoms with Crippen molar-refractivity contribution < 1.29 is 23.8 Å². The predicted octanol–water partition coefficient (Wildman–Crippen LogP) is 4.81. The molecule has 0 saturated carbocycles. The Morgan fingerprint density at radius 3 is 2.20 bits per heavy atom. The Morgan fingerprint density at radius 2 is 1.53 bits per heavy atom. The Hall–Kier alpha value is -3.86. The van der Waals surface area contributed by atoms with Crippen LogP contribution in [-0.2, 0) is 9.53 Å². The van der Waals surface area contributed by atoms with Crippen molar-refractivity contribution in [2.75, 3.05) is 20.8 Å². The second kappa shape index (κ2) is 10.1. The first-order valence-electron chi connectivity index (χ1n) is 9.36. The number of Topliss-reactive ketones (excluding diaryl/α,β-unsaturated/α-hetero) is 1. The van der Waals surface area contributed by atoms with Crippen LogP contribution in [-0.4, -0.2) is 32.6 Å². The molecular formula is C25H22O5. The van der Waals surface area contributed by atoms with Crippen molar-refractivity contribution in [2.45, 2.75) is 0 Å². The Kier molecular flexibility index (Phi) is 7.00. The SMILES string of the molecule is COc1ccc(/C=C/C(=O)OCC(=O)c2ccc(-c3ccccc3)cc2)c(OC)c1. The molecule has 3 aromatic rings.